The Balaban J connectivity index is 1.54. The number of likely N-dealkylation sites (tertiary alicyclic amines) is 1. The molecular weight excluding hydrogens is 400 g/mol. The number of benzene rings is 3. The van der Waals surface area contributed by atoms with Gasteiger partial charge in [-0.25, -0.2) is 0 Å². The molecule has 4 rings (SSSR count). The molecule has 1 saturated heterocycles. The summed E-state index contributed by atoms with van der Waals surface area (Å²) in [5.74, 6) is 0.299. The first kappa shape index (κ1) is 21.6. The number of aryl methyl sites for hydroxylation is 1. The average Bonchev–Trinajstić information content (AvgIpc) is 3.29. The third kappa shape index (κ3) is 4.83. The van der Waals surface area contributed by atoms with Gasteiger partial charge in [0, 0.05) is 31.1 Å². The Morgan fingerprint density at radius 3 is 2.28 bits per heavy atom. The summed E-state index contributed by atoms with van der Waals surface area (Å²) in [5.41, 5.74) is 3.84. The Morgan fingerprint density at radius 1 is 0.938 bits per heavy atom. The lowest BCUT2D eigenvalue weighted by molar-refractivity contribution is -0.125. The Bertz CT molecular complexity index is 1060. The van der Waals surface area contributed by atoms with Crippen molar-refractivity contribution < 1.29 is 14.3 Å². The zero-order valence-electron chi connectivity index (χ0n) is 18.5. The van der Waals surface area contributed by atoms with Crippen LogP contribution >= 0.6 is 0 Å². The smallest absolute Gasteiger partial charge is 0.253 e. The van der Waals surface area contributed by atoms with Gasteiger partial charge in [-0.3, -0.25) is 9.59 Å². The van der Waals surface area contributed by atoms with E-state index in [9.17, 15) is 9.59 Å². The SMILES string of the molecule is COc1ccc(C2CN(C(=O)c3ccc(C)cc3)CC2C(=O)NCc2ccccc2)cc1. The molecule has 5 nitrogen and oxygen atoms in total. The molecule has 2 amide bonds. The monoisotopic (exact) mass is 428 g/mol. The van der Waals surface area contributed by atoms with Crippen LogP contribution in [0.5, 0.6) is 5.75 Å². The highest BCUT2D eigenvalue weighted by Crippen LogP contribution is 2.34. The number of amides is 2. The number of ether oxygens (including phenoxy) is 1. The van der Waals surface area contributed by atoms with Gasteiger partial charge in [-0.15, -0.1) is 0 Å². The van der Waals surface area contributed by atoms with Crippen molar-refractivity contribution in [3.8, 4) is 5.75 Å². The van der Waals surface area contributed by atoms with Crippen LogP contribution in [0.2, 0.25) is 0 Å². The number of rotatable bonds is 6. The maximum atomic E-state index is 13.2. The molecule has 0 bridgehead atoms. The molecule has 0 radical (unpaired) electrons. The molecule has 32 heavy (non-hydrogen) atoms. The third-order valence-electron chi connectivity index (χ3n) is 6.10. The van der Waals surface area contributed by atoms with E-state index in [0.29, 0.717) is 25.2 Å². The van der Waals surface area contributed by atoms with E-state index in [1.54, 1.807) is 12.0 Å². The van der Waals surface area contributed by atoms with Gasteiger partial charge < -0.3 is 15.0 Å². The van der Waals surface area contributed by atoms with Gasteiger partial charge in [0.1, 0.15) is 5.75 Å². The van der Waals surface area contributed by atoms with E-state index in [1.165, 1.54) is 0 Å². The third-order valence-corrected chi connectivity index (χ3v) is 6.10. The summed E-state index contributed by atoms with van der Waals surface area (Å²) in [4.78, 5) is 28.2. The largest absolute Gasteiger partial charge is 0.497 e. The summed E-state index contributed by atoms with van der Waals surface area (Å²) in [6.45, 7) is 3.36. The lowest BCUT2D eigenvalue weighted by atomic mass is 9.88. The zero-order chi connectivity index (χ0) is 22.5. The van der Waals surface area contributed by atoms with Crippen molar-refractivity contribution in [1.82, 2.24) is 10.2 Å². The first-order valence-corrected chi connectivity index (χ1v) is 10.9. The lowest BCUT2D eigenvalue weighted by Crippen LogP contribution is -2.35. The van der Waals surface area contributed by atoms with E-state index in [1.807, 2.05) is 85.8 Å². The number of hydrogen-bond donors (Lipinski definition) is 1. The quantitative estimate of drug-likeness (QED) is 0.641. The van der Waals surface area contributed by atoms with Gasteiger partial charge in [0.15, 0.2) is 0 Å². The van der Waals surface area contributed by atoms with E-state index in [4.69, 9.17) is 4.74 Å². The minimum atomic E-state index is -0.318. The van der Waals surface area contributed by atoms with Gasteiger partial charge in [0.05, 0.1) is 13.0 Å². The van der Waals surface area contributed by atoms with Gasteiger partial charge in [-0.05, 0) is 42.3 Å². The van der Waals surface area contributed by atoms with E-state index < -0.39 is 0 Å². The van der Waals surface area contributed by atoms with Gasteiger partial charge >= 0.3 is 0 Å². The minimum Gasteiger partial charge on any atom is -0.497 e. The highest BCUT2D eigenvalue weighted by molar-refractivity contribution is 5.95. The van der Waals surface area contributed by atoms with Crippen LogP contribution in [0, 0.1) is 12.8 Å². The van der Waals surface area contributed by atoms with Gasteiger partial charge in [-0.1, -0.05) is 60.2 Å². The van der Waals surface area contributed by atoms with Crippen LogP contribution in [0.25, 0.3) is 0 Å². The Hall–Kier alpha value is -3.60. The maximum Gasteiger partial charge on any atom is 0.253 e. The molecule has 0 aliphatic carbocycles. The molecule has 3 aromatic carbocycles. The van der Waals surface area contributed by atoms with Crippen molar-refractivity contribution >= 4 is 11.8 Å². The van der Waals surface area contributed by atoms with E-state index in [0.717, 1.165) is 22.4 Å². The van der Waals surface area contributed by atoms with Gasteiger partial charge in [0.25, 0.3) is 5.91 Å². The summed E-state index contributed by atoms with van der Waals surface area (Å²) in [6.07, 6.45) is 0. The summed E-state index contributed by atoms with van der Waals surface area (Å²) in [5, 5.41) is 3.07. The van der Waals surface area contributed by atoms with Crippen LogP contribution in [0.15, 0.2) is 78.9 Å². The van der Waals surface area contributed by atoms with E-state index in [2.05, 4.69) is 5.32 Å². The number of methoxy groups -OCH3 is 1. The van der Waals surface area contributed by atoms with E-state index in [-0.39, 0.29) is 23.7 Å². The van der Waals surface area contributed by atoms with Crippen molar-refractivity contribution in [2.24, 2.45) is 5.92 Å². The van der Waals surface area contributed by atoms with Crippen molar-refractivity contribution in [3.05, 3.63) is 101 Å². The Labute approximate surface area is 189 Å². The average molecular weight is 429 g/mol. The molecule has 2 unspecified atom stereocenters. The highest BCUT2D eigenvalue weighted by Gasteiger charge is 2.40. The molecule has 5 heteroatoms. The van der Waals surface area contributed by atoms with Crippen LogP contribution < -0.4 is 10.1 Å². The van der Waals surface area contributed by atoms with Crippen molar-refractivity contribution in [2.45, 2.75) is 19.4 Å². The first-order chi connectivity index (χ1) is 15.5. The fourth-order valence-corrected chi connectivity index (χ4v) is 4.22. The lowest BCUT2D eigenvalue weighted by Gasteiger charge is -2.18. The number of hydrogen-bond acceptors (Lipinski definition) is 3. The van der Waals surface area contributed by atoms with Gasteiger partial charge in [0.2, 0.25) is 5.91 Å². The molecular formula is C27H28N2O3. The fourth-order valence-electron chi connectivity index (χ4n) is 4.22. The second-order valence-corrected chi connectivity index (χ2v) is 8.27. The molecule has 1 aliphatic rings. The van der Waals surface area contributed by atoms with Crippen molar-refractivity contribution in [1.29, 1.82) is 0 Å². The van der Waals surface area contributed by atoms with Crippen molar-refractivity contribution in [3.63, 3.8) is 0 Å². The molecule has 1 N–H and O–H groups in total. The van der Waals surface area contributed by atoms with Crippen LogP contribution in [0.4, 0.5) is 0 Å². The fraction of sp³-hybridized carbons (Fsp3) is 0.259. The predicted octanol–water partition coefficient (Wildman–Crippen LogP) is 4.18. The molecule has 1 aliphatic heterocycles. The Kier molecular flexibility index (Phi) is 6.55. The number of carbonyl (C=O) groups excluding carboxylic acids is 2. The topological polar surface area (TPSA) is 58.6 Å². The Morgan fingerprint density at radius 2 is 1.62 bits per heavy atom. The second-order valence-electron chi connectivity index (χ2n) is 8.27. The van der Waals surface area contributed by atoms with E-state index >= 15 is 0 Å². The van der Waals surface area contributed by atoms with Crippen LogP contribution in [-0.4, -0.2) is 36.9 Å². The molecule has 0 saturated carbocycles. The minimum absolute atomic E-state index is 0.0334. The summed E-state index contributed by atoms with van der Waals surface area (Å²) in [7, 11) is 1.63. The number of nitrogens with zero attached hydrogens (tertiary/aromatic N) is 1. The highest BCUT2D eigenvalue weighted by atomic mass is 16.5. The molecule has 0 spiro atoms. The predicted molar refractivity (Wildman–Crippen MR) is 125 cm³/mol. The standard InChI is InChI=1S/C27H28N2O3/c1-19-8-10-22(11-9-19)27(31)29-17-24(21-12-14-23(32-2)15-13-21)25(18-29)26(30)28-16-20-6-4-3-5-7-20/h3-15,24-25H,16-18H2,1-2H3,(H,28,30). The molecule has 1 fully saturated rings. The molecule has 1 heterocycles. The second kappa shape index (κ2) is 9.69. The summed E-state index contributed by atoms with van der Waals surface area (Å²) < 4.78 is 5.28. The number of nitrogens with one attached hydrogen (secondary N) is 1. The normalized spacial score (nSPS) is 17.8. The molecule has 0 aromatic heterocycles. The van der Waals surface area contributed by atoms with Gasteiger partial charge in [-0.2, -0.15) is 0 Å². The number of carbonyl (C=O) groups is 2. The summed E-state index contributed by atoms with van der Waals surface area (Å²) in [6, 6.07) is 25.2. The zero-order valence-corrected chi connectivity index (χ0v) is 18.5. The van der Waals surface area contributed by atoms with Crippen LogP contribution in [0.1, 0.15) is 33.0 Å². The molecule has 2 atom stereocenters. The van der Waals surface area contributed by atoms with Crippen LogP contribution in [-0.2, 0) is 11.3 Å². The molecule has 164 valence electrons. The van der Waals surface area contributed by atoms with Crippen LogP contribution in [0.3, 0.4) is 0 Å². The summed E-state index contributed by atoms with van der Waals surface area (Å²) >= 11 is 0. The maximum absolute atomic E-state index is 13.2. The first-order valence-electron chi connectivity index (χ1n) is 10.9. The van der Waals surface area contributed by atoms with Crippen molar-refractivity contribution in [2.75, 3.05) is 20.2 Å². The molecule has 3 aromatic rings.